The van der Waals surface area contributed by atoms with Crippen LogP contribution in [0.1, 0.15) is 29.9 Å². The number of rotatable bonds is 7. The molecule has 0 aliphatic carbocycles. The van der Waals surface area contributed by atoms with Crippen LogP contribution in [0, 0.1) is 11.7 Å². The van der Waals surface area contributed by atoms with E-state index in [2.05, 4.69) is 20.6 Å². The number of nitrogens with zero attached hydrogens (tertiary/aromatic N) is 2. The van der Waals surface area contributed by atoms with Gasteiger partial charge in [-0.15, -0.1) is 0 Å². The molecule has 0 fully saturated rings. The van der Waals surface area contributed by atoms with E-state index in [-0.39, 0.29) is 11.7 Å². The molecule has 0 unspecified atom stereocenters. The lowest BCUT2D eigenvalue weighted by atomic mass is 10.1. The first-order valence-corrected chi connectivity index (χ1v) is 7.63. The molecule has 1 heterocycles. The standard InChI is InChI=1S/C17H21FN4O/c1-12(2)10-20-17(23)15-9-16(22-11-21-15)19-8-7-13-3-5-14(18)6-4-13/h3-6,9,11-12H,7-8,10H2,1-2H3,(H,20,23)(H,19,21,22). The van der Waals surface area contributed by atoms with Gasteiger partial charge < -0.3 is 10.6 Å². The number of anilines is 1. The molecule has 0 atom stereocenters. The van der Waals surface area contributed by atoms with Crippen LogP contribution in [0.4, 0.5) is 10.2 Å². The topological polar surface area (TPSA) is 66.9 Å². The SMILES string of the molecule is CC(C)CNC(=O)c1cc(NCCc2ccc(F)cc2)ncn1. The number of benzene rings is 1. The Morgan fingerprint density at radius 1 is 1.22 bits per heavy atom. The summed E-state index contributed by atoms with van der Waals surface area (Å²) in [5, 5.41) is 5.96. The Labute approximate surface area is 135 Å². The zero-order valence-electron chi connectivity index (χ0n) is 13.3. The lowest BCUT2D eigenvalue weighted by Crippen LogP contribution is -2.28. The summed E-state index contributed by atoms with van der Waals surface area (Å²) in [6.45, 7) is 5.30. The maximum absolute atomic E-state index is 12.8. The molecule has 0 radical (unpaired) electrons. The van der Waals surface area contributed by atoms with E-state index in [0.29, 0.717) is 30.5 Å². The highest BCUT2D eigenvalue weighted by atomic mass is 19.1. The molecular weight excluding hydrogens is 295 g/mol. The third-order valence-electron chi connectivity index (χ3n) is 3.20. The molecule has 2 rings (SSSR count). The first-order valence-electron chi connectivity index (χ1n) is 7.63. The number of aromatic nitrogens is 2. The zero-order chi connectivity index (χ0) is 16.7. The quantitative estimate of drug-likeness (QED) is 0.824. The molecule has 2 N–H and O–H groups in total. The molecule has 0 aliphatic rings. The smallest absolute Gasteiger partial charge is 0.270 e. The fourth-order valence-electron chi connectivity index (χ4n) is 1.95. The third kappa shape index (κ3) is 5.65. The normalized spacial score (nSPS) is 10.6. The van der Waals surface area contributed by atoms with E-state index in [1.807, 2.05) is 13.8 Å². The van der Waals surface area contributed by atoms with Crippen molar-refractivity contribution in [3.05, 3.63) is 53.7 Å². The van der Waals surface area contributed by atoms with Crippen LogP contribution in [-0.4, -0.2) is 29.0 Å². The first-order chi connectivity index (χ1) is 11.0. The number of amides is 1. The van der Waals surface area contributed by atoms with Crippen molar-refractivity contribution in [2.45, 2.75) is 20.3 Å². The Balaban J connectivity index is 1.87. The Morgan fingerprint density at radius 2 is 1.96 bits per heavy atom. The highest BCUT2D eigenvalue weighted by Gasteiger charge is 2.08. The monoisotopic (exact) mass is 316 g/mol. The molecule has 6 heteroatoms. The average molecular weight is 316 g/mol. The van der Waals surface area contributed by atoms with Gasteiger partial charge in [0.05, 0.1) is 0 Å². The molecule has 122 valence electrons. The van der Waals surface area contributed by atoms with Gasteiger partial charge in [0.1, 0.15) is 23.7 Å². The van der Waals surface area contributed by atoms with Gasteiger partial charge in [-0.05, 0) is 30.0 Å². The van der Waals surface area contributed by atoms with Crippen molar-refractivity contribution in [2.75, 3.05) is 18.4 Å². The van der Waals surface area contributed by atoms with Crippen LogP contribution in [0.15, 0.2) is 36.7 Å². The molecule has 2 aromatic rings. The van der Waals surface area contributed by atoms with Crippen LogP contribution >= 0.6 is 0 Å². The van der Waals surface area contributed by atoms with Crippen molar-refractivity contribution in [1.29, 1.82) is 0 Å². The van der Waals surface area contributed by atoms with Gasteiger partial charge in [-0.3, -0.25) is 4.79 Å². The van der Waals surface area contributed by atoms with E-state index >= 15 is 0 Å². The van der Waals surface area contributed by atoms with Gasteiger partial charge in [0.2, 0.25) is 0 Å². The number of carbonyl (C=O) groups is 1. The molecule has 23 heavy (non-hydrogen) atoms. The van der Waals surface area contributed by atoms with E-state index in [0.717, 1.165) is 12.0 Å². The minimum absolute atomic E-state index is 0.206. The predicted octanol–water partition coefficient (Wildman–Crippen LogP) is 2.66. The molecule has 1 aromatic carbocycles. The molecule has 0 bridgehead atoms. The van der Waals surface area contributed by atoms with Crippen molar-refractivity contribution in [3.8, 4) is 0 Å². The van der Waals surface area contributed by atoms with Gasteiger partial charge in [-0.25, -0.2) is 14.4 Å². The molecule has 0 spiro atoms. The summed E-state index contributed by atoms with van der Waals surface area (Å²) in [5.74, 6) is 0.531. The maximum atomic E-state index is 12.8. The molecule has 0 saturated carbocycles. The number of hydrogen-bond acceptors (Lipinski definition) is 4. The van der Waals surface area contributed by atoms with E-state index < -0.39 is 0 Å². The van der Waals surface area contributed by atoms with Crippen LogP contribution < -0.4 is 10.6 Å². The van der Waals surface area contributed by atoms with Gasteiger partial charge in [0.25, 0.3) is 5.91 Å². The summed E-state index contributed by atoms with van der Waals surface area (Å²) in [6, 6.07) is 8.01. The Bertz CT molecular complexity index is 643. The van der Waals surface area contributed by atoms with Crippen LogP contribution in [0.3, 0.4) is 0 Å². The van der Waals surface area contributed by atoms with Crippen molar-refractivity contribution in [2.24, 2.45) is 5.92 Å². The molecule has 1 amide bonds. The average Bonchev–Trinajstić information content (AvgIpc) is 2.55. The summed E-state index contributed by atoms with van der Waals surface area (Å²) >= 11 is 0. The molecular formula is C17H21FN4O. The number of hydrogen-bond donors (Lipinski definition) is 2. The second-order valence-corrected chi connectivity index (χ2v) is 5.70. The Morgan fingerprint density at radius 3 is 2.65 bits per heavy atom. The maximum Gasteiger partial charge on any atom is 0.270 e. The Hall–Kier alpha value is -2.50. The van der Waals surface area contributed by atoms with Gasteiger partial charge in [-0.2, -0.15) is 0 Å². The van der Waals surface area contributed by atoms with Gasteiger partial charge >= 0.3 is 0 Å². The van der Waals surface area contributed by atoms with Gasteiger partial charge in [0, 0.05) is 19.2 Å². The van der Waals surface area contributed by atoms with Crippen LogP contribution in [-0.2, 0) is 6.42 Å². The Kier molecular flexibility index (Phi) is 6.02. The fraction of sp³-hybridized carbons (Fsp3) is 0.353. The highest BCUT2D eigenvalue weighted by Crippen LogP contribution is 2.07. The first kappa shape index (κ1) is 16.9. The minimum atomic E-state index is -0.241. The van der Waals surface area contributed by atoms with Gasteiger partial charge in [-0.1, -0.05) is 26.0 Å². The zero-order valence-corrected chi connectivity index (χ0v) is 13.3. The van der Waals surface area contributed by atoms with Crippen molar-refractivity contribution < 1.29 is 9.18 Å². The summed E-state index contributed by atoms with van der Waals surface area (Å²) in [6.07, 6.45) is 2.10. The predicted molar refractivity (Wildman–Crippen MR) is 87.8 cm³/mol. The lowest BCUT2D eigenvalue weighted by molar-refractivity contribution is 0.0944. The minimum Gasteiger partial charge on any atom is -0.370 e. The van der Waals surface area contributed by atoms with Crippen LogP contribution in [0.2, 0.25) is 0 Å². The van der Waals surface area contributed by atoms with Crippen molar-refractivity contribution in [1.82, 2.24) is 15.3 Å². The molecule has 0 aliphatic heterocycles. The largest absolute Gasteiger partial charge is 0.370 e. The second-order valence-electron chi connectivity index (χ2n) is 5.70. The molecule has 1 aromatic heterocycles. The van der Waals surface area contributed by atoms with E-state index in [9.17, 15) is 9.18 Å². The second kappa shape index (κ2) is 8.22. The summed E-state index contributed by atoms with van der Waals surface area (Å²) in [7, 11) is 0. The number of carbonyl (C=O) groups excluding carboxylic acids is 1. The van der Waals surface area contributed by atoms with Crippen molar-refractivity contribution >= 4 is 11.7 Å². The van der Waals surface area contributed by atoms with Crippen LogP contribution in [0.25, 0.3) is 0 Å². The van der Waals surface area contributed by atoms with E-state index in [1.54, 1.807) is 18.2 Å². The van der Waals surface area contributed by atoms with E-state index in [1.165, 1.54) is 18.5 Å². The molecule has 5 nitrogen and oxygen atoms in total. The number of halogens is 1. The van der Waals surface area contributed by atoms with E-state index in [4.69, 9.17) is 0 Å². The number of nitrogens with one attached hydrogen (secondary N) is 2. The summed E-state index contributed by atoms with van der Waals surface area (Å²) in [5.41, 5.74) is 1.37. The molecule has 0 saturated heterocycles. The third-order valence-corrected chi connectivity index (χ3v) is 3.20. The summed E-state index contributed by atoms with van der Waals surface area (Å²) in [4.78, 5) is 20.1. The summed E-state index contributed by atoms with van der Waals surface area (Å²) < 4.78 is 12.8. The fourth-order valence-corrected chi connectivity index (χ4v) is 1.95. The highest BCUT2D eigenvalue weighted by molar-refractivity contribution is 5.92. The van der Waals surface area contributed by atoms with Crippen LogP contribution in [0.5, 0.6) is 0 Å². The lowest BCUT2D eigenvalue weighted by Gasteiger charge is -2.09. The van der Waals surface area contributed by atoms with Crippen molar-refractivity contribution in [3.63, 3.8) is 0 Å². The van der Waals surface area contributed by atoms with Gasteiger partial charge in [0.15, 0.2) is 0 Å².